The lowest BCUT2D eigenvalue weighted by atomic mass is 10.1. The summed E-state index contributed by atoms with van der Waals surface area (Å²) in [6, 6.07) is 10.3. The van der Waals surface area contributed by atoms with E-state index in [0.717, 1.165) is 22.5 Å². The standard InChI is InChI=1S/C18H22FN3O/c1-12-9-14(5-7-16(12)19)11-20-18(23)21-15-6-8-17(22(3)4)13(2)10-15/h5-10H,11H2,1-4H3,(H2,20,21,23). The third-order valence-electron chi connectivity index (χ3n) is 3.61. The third kappa shape index (κ3) is 4.45. The van der Waals surface area contributed by atoms with Gasteiger partial charge >= 0.3 is 6.03 Å². The molecule has 0 aliphatic heterocycles. The van der Waals surface area contributed by atoms with Crippen LogP contribution in [0.2, 0.25) is 0 Å². The van der Waals surface area contributed by atoms with Gasteiger partial charge in [0.15, 0.2) is 0 Å². The molecule has 0 heterocycles. The van der Waals surface area contributed by atoms with Crippen molar-refractivity contribution < 1.29 is 9.18 Å². The average molecular weight is 315 g/mol. The Kier molecular flexibility index (Phi) is 5.21. The maximum atomic E-state index is 13.2. The van der Waals surface area contributed by atoms with Crippen molar-refractivity contribution in [1.82, 2.24) is 5.32 Å². The normalized spacial score (nSPS) is 10.3. The maximum absolute atomic E-state index is 13.2. The van der Waals surface area contributed by atoms with Crippen molar-refractivity contribution in [3.05, 3.63) is 58.9 Å². The van der Waals surface area contributed by atoms with E-state index in [1.807, 2.05) is 44.1 Å². The van der Waals surface area contributed by atoms with E-state index in [-0.39, 0.29) is 11.8 Å². The first-order chi connectivity index (χ1) is 10.9. The van der Waals surface area contributed by atoms with Gasteiger partial charge in [0, 0.05) is 32.0 Å². The Labute approximate surface area is 136 Å². The van der Waals surface area contributed by atoms with Crippen LogP contribution in [0.25, 0.3) is 0 Å². The summed E-state index contributed by atoms with van der Waals surface area (Å²) in [7, 11) is 3.96. The first-order valence-corrected chi connectivity index (χ1v) is 7.44. The summed E-state index contributed by atoms with van der Waals surface area (Å²) in [5.41, 5.74) is 4.36. The molecular formula is C18H22FN3O. The summed E-state index contributed by atoms with van der Waals surface area (Å²) in [5, 5.41) is 5.57. The molecule has 4 nitrogen and oxygen atoms in total. The van der Waals surface area contributed by atoms with E-state index in [9.17, 15) is 9.18 Å². The zero-order valence-corrected chi connectivity index (χ0v) is 13.9. The number of amides is 2. The number of carbonyl (C=O) groups excluding carboxylic acids is 1. The number of carbonyl (C=O) groups is 1. The summed E-state index contributed by atoms with van der Waals surface area (Å²) in [6.45, 7) is 4.05. The molecule has 0 radical (unpaired) electrons. The highest BCUT2D eigenvalue weighted by atomic mass is 19.1. The van der Waals surface area contributed by atoms with Crippen molar-refractivity contribution in [3.63, 3.8) is 0 Å². The summed E-state index contributed by atoms with van der Waals surface area (Å²) in [5.74, 6) is -0.241. The van der Waals surface area contributed by atoms with Crippen LogP contribution in [0.3, 0.4) is 0 Å². The van der Waals surface area contributed by atoms with E-state index >= 15 is 0 Å². The topological polar surface area (TPSA) is 44.4 Å². The van der Waals surface area contributed by atoms with Gasteiger partial charge in [0.25, 0.3) is 0 Å². The number of nitrogens with one attached hydrogen (secondary N) is 2. The van der Waals surface area contributed by atoms with Gasteiger partial charge in [0.1, 0.15) is 5.82 Å². The summed E-state index contributed by atoms with van der Waals surface area (Å²) < 4.78 is 13.2. The number of nitrogens with zero attached hydrogens (tertiary/aromatic N) is 1. The molecule has 0 saturated carbocycles. The van der Waals surface area contributed by atoms with Crippen LogP contribution in [-0.4, -0.2) is 20.1 Å². The van der Waals surface area contributed by atoms with Gasteiger partial charge in [0.05, 0.1) is 0 Å². The first-order valence-electron chi connectivity index (χ1n) is 7.44. The van der Waals surface area contributed by atoms with E-state index < -0.39 is 0 Å². The summed E-state index contributed by atoms with van der Waals surface area (Å²) in [6.07, 6.45) is 0. The van der Waals surface area contributed by atoms with Gasteiger partial charge in [-0.05, 0) is 54.8 Å². The Morgan fingerprint density at radius 1 is 1.09 bits per heavy atom. The molecule has 2 aromatic rings. The van der Waals surface area contributed by atoms with Crippen molar-refractivity contribution in [2.75, 3.05) is 24.3 Å². The predicted molar refractivity (Wildman–Crippen MR) is 92.5 cm³/mol. The molecule has 0 atom stereocenters. The number of hydrogen-bond donors (Lipinski definition) is 2. The molecular weight excluding hydrogens is 293 g/mol. The van der Waals surface area contributed by atoms with Crippen LogP contribution in [-0.2, 0) is 6.54 Å². The Morgan fingerprint density at radius 2 is 1.83 bits per heavy atom. The Morgan fingerprint density at radius 3 is 2.43 bits per heavy atom. The van der Waals surface area contributed by atoms with Crippen LogP contribution < -0.4 is 15.5 Å². The monoisotopic (exact) mass is 315 g/mol. The number of aryl methyl sites for hydroxylation is 2. The van der Waals surface area contributed by atoms with Crippen molar-refractivity contribution in [2.45, 2.75) is 20.4 Å². The third-order valence-corrected chi connectivity index (χ3v) is 3.61. The highest BCUT2D eigenvalue weighted by Gasteiger charge is 2.06. The number of halogens is 1. The van der Waals surface area contributed by atoms with E-state index in [1.54, 1.807) is 19.1 Å². The smallest absolute Gasteiger partial charge is 0.319 e. The average Bonchev–Trinajstić information content (AvgIpc) is 2.48. The van der Waals surface area contributed by atoms with Crippen LogP contribution >= 0.6 is 0 Å². The van der Waals surface area contributed by atoms with Crippen molar-refractivity contribution >= 4 is 17.4 Å². The molecule has 0 spiro atoms. The summed E-state index contributed by atoms with van der Waals surface area (Å²) in [4.78, 5) is 14.0. The van der Waals surface area contributed by atoms with Gasteiger partial charge in [-0.3, -0.25) is 0 Å². The molecule has 0 fully saturated rings. The molecule has 2 amide bonds. The molecule has 23 heavy (non-hydrogen) atoms. The van der Waals surface area contributed by atoms with Gasteiger partial charge < -0.3 is 15.5 Å². The second kappa shape index (κ2) is 7.13. The van der Waals surface area contributed by atoms with Crippen molar-refractivity contribution in [2.24, 2.45) is 0 Å². The Bertz CT molecular complexity index is 713. The quantitative estimate of drug-likeness (QED) is 0.900. The van der Waals surface area contributed by atoms with Crippen LogP contribution in [0.1, 0.15) is 16.7 Å². The number of urea groups is 1. The minimum atomic E-state index is -0.288. The zero-order valence-electron chi connectivity index (χ0n) is 13.9. The lowest BCUT2D eigenvalue weighted by molar-refractivity contribution is 0.251. The minimum absolute atomic E-state index is 0.241. The van der Waals surface area contributed by atoms with Crippen LogP contribution in [0.4, 0.5) is 20.6 Å². The molecule has 2 N–H and O–H groups in total. The first kappa shape index (κ1) is 16.8. The van der Waals surface area contributed by atoms with Gasteiger partial charge in [-0.15, -0.1) is 0 Å². The van der Waals surface area contributed by atoms with Gasteiger partial charge in [-0.25, -0.2) is 9.18 Å². The molecule has 0 saturated heterocycles. The fourth-order valence-electron chi connectivity index (χ4n) is 2.41. The highest BCUT2D eigenvalue weighted by molar-refractivity contribution is 5.89. The van der Waals surface area contributed by atoms with Gasteiger partial charge in [-0.2, -0.15) is 0 Å². The lowest BCUT2D eigenvalue weighted by Gasteiger charge is -2.16. The molecule has 0 bridgehead atoms. The molecule has 0 unspecified atom stereocenters. The predicted octanol–water partition coefficient (Wildman–Crippen LogP) is 3.83. The van der Waals surface area contributed by atoms with E-state index in [2.05, 4.69) is 10.6 Å². The number of benzene rings is 2. The zero-order chi connectivity index (χ0) is 17.0. The molecule has 0 aliphatic carbocycles. The number of hydrogen-bond acceptors (Lipinski definition) is 2. The minimum Gasteiger partial charge on any atom is -0.377 e. The second-order valence-corrected chi connectivity index (χ2v) is 5.79. The molecule has 5 heteroatoms. The highest BCUT2D eigenvalue weighted by Crippen LogP contribution is 2.21. The van der Waals surface area contributed by atoms with Crippen LogP contribution in [0.15, 0.2) is 36.4 Å². The molecule has 0 aromatic heterocycles. The second-order valence-electron chi connectivity index (χ2n) is 5.79. The van der Waals surface area contributed by atoms with Gasteiger partial charge in [0.2, 0.25) is 0 Å². The van der Waals surface area contributed by atoms with E-state index in [4.69, 9.17) is 0 Å². The lowest BCUT2D eigenvalue weighted by Crippen LogP contribution is -2.28. The SMILES string of the molecule is Cc1cc(CNC(=O)Nc2ccc(N(C)C)c(C)c2)ccc1F. The fraction of sp³-hybridized carbons (Fsp3) is 0.278. The number of rotatable bonds is 4. The van der Waals surface area contributed by atoms with Crippen LogP contribution in [0, 0.1) is 19.7 Å². The molecule has 2 rings (SSSR count). The Balaban J connectivity index is 1.94. The van der Waals surface area contributed by atoms with E-state index in [0.29, 0.717) is 12.1 Å². The van der Waals surface area contributed by atoms with E-state index in [1.165, 1.54) is 6.07 Å². The Hall–Kier alpha value is -2.56. The maximum Gasteiger partial charge on any atom is 0.319 e. The van der Waals surface area contributed by atoms with Crippen molar-refractivity contribution in [3.8, 4) is 0 Å². The largest absolute Gasteiger partial charge is 0.377 e. The molecule has 0 aliphatic rings. The molecule has 122 valence electrons. The number of anilines is 2. The molecule has 2 aromatic carbocycles. The van der Waals surface area contributed by atoms with Gasteiger partial charge in [-0.1, -0.05) is 12.1 Å². The summed E-state index contributed by atoms with van der Waals surface area (Å²) >= 11 is 0. The van der Waals surface area contributed by atoms with Crippen molar-refractivity contribution in [1.29, 1.82) is 0 Å². The fourth-order valence-corrected chi connectivity index (χ4v) is 2.41. The van der Waals surface area contributed by atoms with Crippen LogP contribution in [0.5, 0.6) is 0 Å².